The minimum Gasteiger partial charge on any atom is -0.305 e. The molecule has 0 spiro atoms. The van der Waals surface area contributed by atoms with Crippen molar-refractivity contribution in [1.82, 2.24) is 0 Å². The molecule has 0 heterocycles. The Labute approximate surface area is 126 Å². The molecule has 22 heavy (non-hydrogen) atoms. The van der Waals surface area contributed by atoms with Gasteiger partial charge < -0.3 is 5.41 Å². The SMILES string of the molecule is C=CCC(=NNc1ccccc1N=O)C(=CC(C)=N)[N+](=O)[O-]. The Bertz CT molecular complexity index is 664. The number of rotatable bonds is 8. The molecule has 1 rings (SSSR count). The zero-order valence-corrected chi connectivity index (χ0v) is 11.9. The molecule has 0 amide bonds. The van der Waals surface area contributed by atoms with Crippen molar-refractivity contribution in [2.24, 2.45) is 10.3 Å². The van der Waals surface area contributed by atoms with Gasteiger partial charge in [0, 0.05) is 18.2 Å². The molecule has 0 saturated heterocycles. The van der Waals surface area contributed by atoms with Crippen molar-refractivity contribution in [3.05, 3.63) is 63.7 Å². The lowest BCUT2D eigenvalue weighted by Crippen LogP contribution is -2.14. The van der Waals surface area contributed by atoms with Gasteiger partial charge >= 0.3 is 0 Å². The molecule has 0 aliphatic carbocycles. The van der Waals surface area contributed by atoms with Gasteiger partial charge in [-0.15, -0.1) is 11.5 Å². The number of anilines is 1. The summed E-state index contributed by atoms with van der Waals surface area (Å²) in [7, 11) is 0. The normalized spacial score (nSPS) is 11.7. The van der Waals surface area contributed by atoms with Crippen LogP contribution < -0.4 is 5.43 Å². The van der Waals surface area contributed by atoms with Crippen LogP contribution in [-0.2, 0) is 0 Å². The van der Waals surface area contributed by atoms with Crippen LogP contribution in [0.15, 0.2) is 59.0 Å². The molecule has 8 heteroatoms. The highest BCUT2D eigenvalue weighted by atomic mass is 16.6. The fraction of sp³-hybridized carbons (Fsp3) is 0.143. The number of benzene rings is 1. The van der Waals surface area contributed by atoms with E-state index in [1.54, 1.807) is 18.2 Å². The van der Waals surface area contributed by atoms with Crippen LogP contribution in [0.25, 0.3) is 0 Å². The van der Waals surface area contributed by atoms with E-state index in [1.165, 1.54) is 19.1 Å². The predicted molar refractivity (Wildman–Crippen MR) is 86.2 cm³/mol. The maximum absolute atomic E-state index is 11.1. The summed E-state index contributed by atoms with van der Waals surface area (Å²) in [6, 6.07) is 6.37. The fourth-order valence-electron chi connectivity index (χ4n) is 1.57. The second-order valence-corrected chi connectivity index (χ2v) is 4.24. The maximum Gasteiger partial charge on any atom is 0.294 e. The second-order valence-electron chi connectivity index (χ2n) is 4.24. The summed E-state index contributed by atoms with van der Waals surface area (Å²) in [5.74, 6) is 0. The van der Waals surface area contributed by atoms with Crippen molar-refractivity contribution in [2.45, 2.75) is 13.3 Å². The number of nitrogens with one attached hydrogen (secondary N) is 2. The van der Waals surface area contributed by atoms with Crippen molar-refractivity contribution in [3.8, 4) is 0 Å². The van der Waals surface area contributed by atoms with E-state index >= 15 is 0 Å². The number of nitrogens with zero attached hydrogens (tertiary/aromatic N) is 3. The van der Waals surface area contributed by atoms with Gasteiger partial charge in [0.2, 0.25) is 0 Å². The van der Waals surface area contributed by atoms with Gasteiger partial charge in [0.25, 0.3) is 5.70 Å². The van der Waals surface area contributed by atoms with Crippen molar-refractivity contribution in [3.63, 3.8) is 0 Å². The highest BCUT2D eigenvalue weighted by molar-refractivity contribution is 6.05. The molecule has 1 aromatic rings. The molecule has 0 aliphatic heterocycles. The van der Waals surface area contributed by atoms with Gasteiger partial charge in [-0.25, -0.2) is 0 Å². The van der Waals surface area contributed by atoms with Crippen LogP contribution in [0.5, 0.6) is 0 Å². The lowest BCUT2D eigenvalue weighted by atomic mass is 10.1. The number of hydrogen-bond donors (Lipinski definition) is 2. The van der Waals surface area contributed by atoms with Gasteiger partial charge in [0.1, 0.15) is 11.4 Å². The third kappa shape index (κ3) is 4.75. The molecular weight excluding hydrogens is 286 g/mol. The van der Waals surface area contributed by atoms with Gasteiger partial charge in [0.05, 0.1) is 10.6 Å². The van der Waals surface area contributed by atoms with Crippen molar-refractivity contribution in [1.29, 1.82) is 5.41 Å². The highest BCUT2D eigenvalue weighted by Gasteiger charge is 2.19. The van der Waals surface area contributed by atoms with E-state index < -0.39 is 4.92 Å². The third-order valence-corrected chi connectivity index (χ3v) is 2.50. The fourth-order valence-corrected chi connectivity index (χ4v) is 1.57. The Balaban J connectivity index is 3.18. The molecule has 0 aliphatic rings. The molecule has 0 radical (unpaired) electrons. The van der Waals surface area contributed by atoms with E-state index in [1.807, 2.05) is 0 Å². The Kier molecular flexibility index (Phi) is 6.30. The highest BCUT2D eigenvalue weighted by Crippen LogP contribution is 2.23. The zero-order valence-electron chi connectivity index (χ0n) is 11.9. The smallest absolute Gasteiger partial charge is 0.294 e. The molecule has 8 nitrogen and oxygen atoms in total. The lowest BCUT2D eigenvalue weighted by molar-refractivity contribution is -0.415. The second kappa shape index (κ2) is 8.20. The molecule has 0 atom stereocenters. The quantitative estimate of drug-likeness (QED) is 0.250. The van der Waals surface area contributed by atoms with Crippen molar-refractivity contribution < 1.29 is 4.92 Å². The summed E-state index contributed by atoms with van der Waals surface area (Å²) in [4.78, 5) is 21.2. The molecule has 1 aromatic carbocycles. The molecule has 0 unspecified atom stereocenters. The maximum atomic E-state index is 11.1. The van der Waals surface area contributed by atoms with Crippen LogP contribution in [0, 0.1) is 20.4 Å². The number of allylic oxidation sites excluding steroid dienone is 3. The minimum atomic E-state index is -0.619. The Hall–Kier alpha value is -3.16. The first-order valence-electron chi connectivity index (χ1n) is 6.27. The largest absolute Gasteiger partial charge is 0.305 e. The van der Waals surface area contributed by atoms with E-state index in [2.05, 4.69) is 22.3 Å². The molecule has 0 saturated carbocycles. The Morgan fingerprint density at radius 3 is 2.73 bits per heavy atom. The average molecular weight is 301 g/mol. The molecular formula is C14H15N5O3. The predicted octanol–water partition coefficient (Wildman–Crippen LogP) is 3.63. The minimum absolute atomic E-state index is 0.0263. The van der Waals surface area contributed by atoms with E-state index in [-0.39, 0.29) is 29.2 Å². The van der Waals surface area contributed by atoms with Crippen LogP contribution in [0.3, 0.4) is 0 Å². The van der Waals surface area contributed by atoms with Gasteiger partial charge in [-0.1, -0.05) is 18.2 Å². The van der Waals surface area contributed by atoms with Crippen molar-refractivity contribution in [2.75, 3.05) is 5.43 Å². The monoisotopic (exact) mass is 301 g/mol. The number of nitro groups is 1. The molecule has 0 fully saturated rings. The number of nitroso groups, excluding NO2 is 1. The number of hydrogen-bond acceptors (Lipinski definition) is 7. The summed E-state index contributed by atoms with van der Waals surface area (Å²) in [5.41, 5.74) is 2.86. The van der Waals surface area contributed by atoms with Crippen LogP contribution in [0.2, 0.25) is 0 Å². The number of hydrazone groups is 1. The molecule has 114 valence electrons. The summed E-state index contributed by atoms with van der Waals surface area (Å²) in [6.07, 6.45) is 2.69. The molecule has 0 bridgehead atoms. The first kappa shape index (κ1) is 16.9. The third-order valence-electron chi connectivity index (χ3n) is 2.50. The van der Waals surface area contributed by atoms with Crippen LogP contribution in [0.1, 0.15) is 13.3 Å². The van der Waals surface area contributed by atoms with E-state index in [4.69, 9.17) is 5.41 Å². The lowest BCUT2D eigenvalue weighted by Gasteiger charge is -2.05. The summed E-state index contributed by atoms with van der Waals surface area (Å²) < 4.78 is 0. The number of para-hydroxylation sites is 1. The van der Waals surface area contributed by atoms with E-state index in [0.29, 0.717) is 5.69 Å². The van der Waals surface area contributed by atoms with Crippen LogP contribution in [-0.4, -0.2) is 16.3 Å². The summed E-state index contributed by atoms with van der Waals surface area (Å²) in [5, 5.41) is 25.3. The first-order chi connectivity index (χ1) is 10.5. The van der Waals surface area contributed by atoms with Gasteiger partial charge in [-0.2, -0.15) is 5.10 Å². The van der Waals surface area contributed by atoms with Gasteiger partial charge in [-0.3, -0.25) is 15.5 Å². The van der Waals surface area contributed by atoms with Crippen molar-refractivity contribution >= 4 is 22.8 Å². The van der Waals surface area contributed by atoms with Crippen LogP contribution >= 0.6 is 0 Å². The summed E-state index contributed by atoms with van der Waals surface area (Å²) >= 11 is 0. The topological polar surface area (TPSA) is 121 Å². The zero-order chi connectivity index (χ0) is 16.5. The Morgan fingerprint density at radius 2 is 2.18 bits per heavy atom. The average Bonchev–Trinajstić information content (AvgIpc) is 2.49. The van der Waals surface area contributed by atoms with Gasteiger partial charge in [0.15, 0.2) is 0 Å². The van der Waals surface area contributed by atoms with E-state index in [0.717, 1.165) is 6.08 Å². The first-order valence-corrected chi connectivity index (χ1v) is 6.27. The van der Waals surface area contributed by atoms with E-state index in [9.17, 15) is 15.0 Å². The summed E-state index contributed by atoms with van der Waals surface area (Å²) in [6.45, 7) is 4.95. The standard InChI is InChI=1S/C14H15N5O3/c1-3-6-13(14(19(21)22)9-10(2)15)17-16-11-7-4-5-8-12(11)18-20/h3-5,7-9,15-16H,1,6H2,2H3. The van der Waals surface area contributed by atoms with Gasteiger partial charge in [-0.05, 0) is 24.2 Å². The molecule has 0 aromatic heterocycles. The molecule has 2 N–H and O–H groups in total. The Morgan fingerprint density at radius 1 is 1.50 bits per heavy atom. The van der Waals surface area contributed by atoms with Crippen LogP contribution in [0.4, 0.5) is 11.4 Å².